The van der Waals surface area contributed by atoms with E-state index in [-0.39, 0.29) is 18.0 Å². The number of anilines is 1. The monoisotopic (exact) mass is 365 g/mol. The summed E-state index contributed by atoms with van der Waals surface area (Å²) in [6.45, 7) is 3.51. The smallest absolute Gasteiger partial charge is 0.234 e. The van der Waals surface area contributed by atoms with Gasteiger partial charge in [-0.15, -0.1) is 0 Å². The number of carbonyl (C=O) groups is 1. The molecule has 1 saturated heterocycles. The third kappa shape index (κ3) is 3.61. The molecule has 1 aliphatic rings. The molecule has 27 heavy (non-hydrogen) atoms. The molecule has 8 nitrogen and oxygen atoms in total. The van der Waals surface area contributed by atoms with E-state index >= 15 is 0 Å². The van der Waals surface area contributed by atoms with Crippen LogP contribution in [0.3, 0.4) is 0 Å². The molecule has 1 fully saturated rings. The van der Waals surface area contributed by atoms with Crippen LogP contribution in [0.2, 0.25) is 0 Å². The Hall–Kier alpha value is -3.00. The number of likely N-dealkylation sites (tertiary alicyclic amines) is 1. The highest BCUT2D eigenvalue weighted by molar-refractivity contribution is 5.79. The number of aromatic nitrogens is 4. The lowest BCUT2D eigenvalue weighted by Gasteiger charge is -2.34. The van der Waals surface area contributed by atoms with Crippen LogP contribution < -0.4 is 11.1 Å². The molecule has 1 atom stereocenters. The van der Waals surface area contributed by atoms with Crippen molar-refractivity contribution in [1.29, 1.82) is 0 Å². The maximum absolute atomic E-state index is 11.4. The van der Waals surface area contributed by atoms with Crippen LogP contribution in [0.4, 0.5) is 5.95 Å². The van der Waals surface area contributed by atoms with Crippen LogP contribution in [0.15, 0.2) is 42.9 Å². The number of fused-ring (bicyclic) bond motifs is 1. The van der Waals surface area contributed by atoms with E-state index in [1.165, 1.54) is 0 Å². The Morgan fingerprint density at radius 2 is 2.04 bits per heavy atom. The highest BCUT2D eigenvalue weighted by Gasteiger charge is 2.25. The molecule has 0 radical (unpaired) electrons. The second-order valence-electron chi connectivity index (χ2n) is 6.87. The van der Waals surface area contributed by atoms with Crippen LogP contribution in [0.1, 0.15) is 19.8 Å². The average molecular weight is 365 g/mol. The van der Waals surface area contributed by atoms with Gasteiger partial charge in [-0.3, -0.25) is 14.3 Å². The van der Waals surface area contributed by atoms with E-state index in [0.717, 1.165) is 42.8 Å². The lowest BCUT2D eigenvalue weighted by molar-refractivity contribution is -0.123. The molecular weight excluding hydrogens is 342 g/mol. The Labute approximate surface area is 157 Å². The Kier molecular flexibility index (Phi) is 4.72. The molecule has 3 N–H and O–H groups in total. The number of amides is 1. The minimum Gasteiger partial charge on any atom is -0.368 e. The molecule has 4 rings (SSSR count). The van der Waals surface area contributed by atoms with Gasteiger partial charge in [0, 0.05) is 43.1 Å². The van der Waals surface area contributed by atoms with Gasteiger partial charge < -0.3 is 11.1 Å². The maximum atomic E-state index is 11.4. The van der Waals surface area contributed by atoms with Crippen molar-refractivity contribution >= 4 is 22.9 Å². The van der Waals surface area contributed by atoms with E-state index in [0.29, 0.717) is 5.95 Å². The zero-order valence-electron chi connectivity index (χ0n) is 15.2. The first-order valence-corrected chi connectivity index (χ1v) is 9.17. The van der Waals surface area contributed by atoms with E-state index in [1.807, 2.05) is 42.0 Å². The summed E-state index contributed by atoms with van der Waals surface area (Å²) >= 11 is 0. The summed E-state index contributed by atoms with van der Waals surface area (Å²) in [5.74, 6) is 1.11. The predicted octanol–water partition coefficient (Wildman–Crippen LogP) is 1.57. The molecule has 3 aromatic rings. The molecule has 8 heteroatoms. The first kappa shape index (κ1) is 17.4. The zero-order valence-corrected chi connectivity index (χ0v) is 15.2. The van der Waals surface area contributed by atoms with Crippen LogP contribution in [0.5, 0.6) is 0 Å². The number of pyridine rings is 1. The summed E-state index contributed by atoms with van der Waals surface area (Å²) in [5, 5.41) is 4.49. The second-order valence-corrected chi connectivity index (χ2v) is 6.87. The molecule has 0 spiro atoms. The first-order valence-electron chi connectivity index (χ1n) is 9.17. The van der Waals surface area contributed by atoms with E-state index in [4.69, 9.17) is 5.73 Å². The summed E-state index contributed by atoms with van der Waals surface area (Å²) in [6.07, 6.45) is 7.33. The topological polar surface area (TPSA) is 102 Å². The second kappa shape index (κ2) is 7.32. The number of nitrogens with two attached hydrogens (primary N) is 1. The van der Waals surface area contributed by atoms with Crippen molar-refractivity contribution < 1.29 is 4.79 Å². The number of primary amides is 1. The molecule has 1 unspecified atom stereocenters. The molecular formula is C19H23N7O. The molecule has 140 valence electrons. The van der Waals surface area contributed by atoms with E-state index in [1.54, 1.807) is 12.4 Å². The quantitative estimate of drug-likeness (QED) is 0.711. The van der Waals surface area contributed by atoms with Crippen molar-refractivity contribution in [2.75, 3.05) is 18.4 Å². The standard InChI is InChI=1S/C19H23N7O/c1-13(17(20)27)25-10-6-15(7-11-25)23-19-22-9-4-16(24-19)26-12-5-14-3-2-8-21-18(14)26/h2-5,8-9,12-13,15H,6-7,10-11H2,1H3,(H2,20,27)(H,22,23,24). The number of carbonyl (C=O) groups excluding carboxylic acids is 1. The van der Waals surface area contributed by atoms with Crippen molar-refractivity contribution in [3.63, 3.8) is 0 Å². The van der Waals surface area contributed by atoms with Crippen LogP contribution in [0.25, 0.3) is 16.9 Å². The van der Waals surface area contributed by atoms with Crippen LogP contribution >= 0.6 is 0 Å². The third-order valence-electron chi connectivity index (χ3n) is 5.16. The van der Waals surface area contributed by atoms with Crippen LogP contribution in [-0.2, 0) is 4.79 Å². The lowest BCUT2D eigenvalue weighted by Crippen LogP contribution is -2.48. The Balaban J connectivity index is 1.46. The van der Waals surface area contributed by atoms with Gasteiger partial charge in [0.2, 0.25) is 11.9 Å². The SMILES string of the molecule is CC(C(N)=O)N1CCC(Nc2nccc(-n3ccc4cccnc43)n2)CC1. The molecule has 3 aromatic heterocycles. The van der Waals surface area contributed by atoms with Crippen molar-refractivity contribution in [2.45, 2.75) is 31.8 Å². The summed E-state index contributed by atoms with van der Waals surface area (Å²) in [6, 6.07) is 7.89. The zero-order chi connectivity index (χ0) is 18.8. The Morgan fingerprint density at radius 3 is 2.81 bits per heavy atom. The van der Waals surface area contributed by atoms with Gasteiger partial charge in [-0.1, -0.05) is 0 Å². The lowest BCUT2D eigenvalue weighted by atomic mass is 10.0. The van der Waals surface area contributed by atoms with Gasteiger partial charge in [-0.05, 0) is 44.0 Å². The van der Waals surface area contributed by atoms with Gasteiger partial charge in [0.15, 0.2) is 0 Å². The predicted molar refractivity (Wildman–Crippen MR) is 104 cm³/mol. The third-order valence-corrected chi connectivity index (χ3v) is 5.16. The highest BCUT2D eigenvalue weighted by Crippen LogP contribution is 2.19. The minimum atomic E-state index is -0.273. The number of hydrogen-bond donors (Lipinski definition) is 2. The maximum Gasteiger partial charge on any atom is 0.234 e. The highest BCUT2D eigenvalue weighted by atomic mass is 16.1. The first-order chi connectivity index (χ1) is 13.1. The minimum absolute atomic E-state index is 0.222. The van der Waals surface area contributed by atoms with Crippen molar-refractivity contribution in [1.82, 2.24) is 24.4 Å². The number of hydrogen-bond acceptors (Lipinski definition) is 6. The summed E-state index contributed by atoms with van der Waals surface area (Å²) < 4.78 is 1.96. The van der Waals surface area contributed by atoms with Gasteiger partial charge in [0.25, 0.3) is 0 Å². The number of nitrogens with one attached hydrogen (secondary N) is 1. The van der Waals surface area contributed by atoms with Gasteiger partial charge in [0.05, 0.1) is 6.04 Å². The molecule has 0 bridgehead atoms. The molecule has 0 saturated carbocycles. The summed E-state index contributed by atoms with van der Waals surface area (Å²) in [4.78, 5) is 26.9. The molecule has 1 aliphatic heterocycles. The van der Waals surface area contributed by atoms with Crippen LogP contribution in [-0.4, -0.2) is 55.5 Å². The fourth-order valence-electron chi connectivity index (χ4n) is 3.50. The normalized spacial score (nSPS) is 17.1. The molecule has 0 aromatic carbocycles. The van der Waals surface area contributed by atoms with Gasteiger partial charge in [0.1, 0.15) is 11.5 Å². The number of rotatable bonds is 5. The van der Waals surface area contributed by atoms with E-state index in [2.05, 4.69) is 25.2 Å². The van der Waals surface area contributed by atoms with Crippen molar-refractivity contribution in [3.8, 4) is 5.82 Å². The Bertz CT molecular complexity index is 946. The fraction of sp³-hybridized carbons (Fsp3) is 0.368. The molecule has 0 aliphatic carbocycles. The molecule has 4 heterocycles. The van der Waals surface area contributed by atoms with E-state index in [9.17, 15) is 4.79 Å². The van der Waals surface area contributed by atoms with Crippen LogP contribution in [0, 0.1) is 0 Å². The fourth-order valence-corrected chi connectivity index (χ4v) is 3.50. The van der Waals surface area contributed by atoms with Gasteiger partial charge in [-0.2, -0.15) is 4.98 Å². The van der Waals surface area contributed by atoms with Gasteiger partial charge in [-0.25, -0.2) is 9.97 Å². The largest absolute Gasteiger partial charge is 0.368 e. The van der Waals surface area contributed by atoms with E-state index < -0.39 is 0 Å². The Morgan fingerprint density at radius 1 is 1.22 bits per heavy atom. The number of piperidine rings is 1. The summed E-state index contributed by atoms with van der Waals surface area (Å²) in [5.41, 5.74) is 6.28. The molecule has 1 amide bonds. The van der Waals surface area contributed by atoms with Crippen molar-refractivity contribution in [2.24, 2.45) is 5.73 Å². The van der Waals surface area contributed by atoms with Crippen molar-refractivity contribution in [3.05, 3.63) is 42.9 Å². The average Bonchev–Trinajstić information content (AvgIpc) is 3.12. The summed E-state index contributed by atoms with van der Waals surface area (Å²) in [7, 11) is 0. The number of nitrogens with zero attached hydrogens (tertiary/aromatic N) is 5. The van der Waals surface area contributed by atoms with Gasteiger partial charge >= 0.3 is 0 Å².